The van der Waals surface area contributed by atoms with Gasteiger partial charge in [0.05, 0.1) is 11.4 Å². The first kappa shape index (κ1) is 18.2. The van der Waals surface area contributed by atoms with Crippen molar-refractivity contribution in [2.45, 2.75) is 41.3 Å². The molecule has 0 spiro atoms. The Hall–Kier alpha value is -0.550. The Morgan fingerprint density at radius 2 is 2.21 bits per heavy atom. The van der Waals surface area contributed by atoms with Crippen LogP contribution >= 0.6 is 23.5 Å². The minimum Gasteiger partial charge on any atom is -0.364 e. The molecule has 1 amide bonds. The molecule has 0 aliphatic carbocycles. The Balaban J connectivity index is 1.39. The van der Waals surface area contributed by atoms with Crippen LogP contribution < -0.4 is 5.32 Å². The highest BCUT2D eigenvalue weighted by atomic mass is 32.2. The normalized spacial score (nSPS) is 35.1. The van der Waals surface area contributed by atoms with E-state index in [4.69, 9.17) is 8.92 Å². The van der Waals surface area contributed by atoms with Crippen LogP contribution in [0.5, 0.6) is 0 Å². The number of hydrogen-bond donors (Lipinski definition) is 1. The van der Waals surface area contributed by atoms with Gasteiger partial charge in [-0.3, -0.25) is 13.8 Å². The molecule has 3 aliphatic heterocycles. The van der Waals surface area contributed by atoms with E-state index in [0.29, 0.717) is 24.3 Å². The predicted molar refractivity (Wildman–Crippen MR) is 92.4 cm³/mol. The number of carbonyl (C=O) groups is 2. The van der Waals surface area contributed by atoms with Gasteiger partial charge < -0.3 is 10.1 Å². The number of nitrogens with one attached hydrogen (secondary N) is 1. The van der Waals surface area contributed by atoms with E-state index in [-0.39, 0.29) is 34.2 Å². The number of rotatable bonds is 7. The van der Waals surface area contributed by atoms with Crippen LogP contribution in [0.15, 0.2) is 12.2 Å². The molecule has 134 valence electrons. The molecule has 3 heterocycles. The van der Waals surface area contributed by atoms with Gasteiger partial charge in [0.2, 0.25) is 11.0 Å². The lowest BCUT2D eigenvalue weighted by atomic mass is 9.94. The maximum absolute atomic E-state index is 11.8. The van der Waals surface area contributed by atoms with E-state index in [0.717, 1.165) is 11.8 Å². The van der Waals surface area contributed by atoms with Crippen molar-refractivity contribution in [3.63, 3.8) is 0 Å². The maximum atomic E-state index is 11.8. The number of amides is 1. The van der Waals surface area contributed by atoms with Crippen LogP contribution in [0.3, 0.4) is 0 Å². The predicted octanol–water partition coefficient (Wildman–Crippen LogP) is 0.309. The summed E-state index contributed by atoms with van der Waals surface area (Å²) in [7, 11) is -3.48. The highest BCUT2D eigenvalue weighted by Crippen LogP contribution is 2.55. The average Bonchev–Trinajstić information content (AvgIpc) is 3.11. The fourth-order valence-corrected chi connectivity index (χ4v) is 7.91. The van der Waals surface area contributed by atoms with Crippen molar-refractivity contribution in [3.8, 4) is 0 Å². The van der Waals surface area contributed by atoms with Crippen LogP contribution in [-0.2, 0) is 28.6 Å². The summed E-state index contributed by atoms with van der Waals surface area (Å²) in [6.07, 6.45) is -0.306. The monoisotopic (exact) mass is 393 g/mol. The second-order valence-corrected chi connectivity index (χ2v) is 10.3. The van der Waals surface area contributed by atoms with Crippen LogP contribution in [0.2, 0.25) is 0 Å². The third-order valence-electron chi connectivity index (χ3n) is 4.21. The molecule has 0 aromatic rings. The largest absolute Gasteiger partial charge is 0.364 e. The van der Waals surface area contributed by atoms with Crippen LogP contribution in [0.25, 0.3) is 0 Å². The number of hydrogen-bond acceptors (Lipinski definition) is 8. The molecule has 0 aromatic carbocycles. The van der Waals surface area contributed by atoms with Gasteiger partial charge >= 0.3 is 0 Å². The number of fused-ring (bicyclic) bond motifs is 1. The average molecular weight is 394 g/mol. The van der Waals surface area contributed by atoms with E-state index in [1.807, 2.05) is 0 Å². The highest BCUT2D eigenvalue weighted by molar-refractivity contribution is 8.14. The number of carbonyl (C=O) groups excluding carboxylic acids is 2. The van der Waals surface area contributed by atoms with Gasteiger partial charge in [-0.25, -0.2) is 0 Å². The van der Waals surface area contributed by atoms with E-state index in [1.54, 1.807) is 18.7 Å². The summed E-state index contributed by atoms with van der Waals surface area (Å²) in [5, 5.41) is 2.16. The molecule has 5 unspecified atom stereocenters. The number of ether oxygens (including phenoxy) is 1. The topological polar surface area (TPSA) is 98.8 Å². The highest BCUT2D eigenvalue weighted by Gasteiger charge is 2.65. The van der Waals surface area contributed by atoms with E-state index >= 15 is 0 Å². The van der Waals surface area contributed by atoms with Crippen LogP contribution in [-0.4, -0.2) is 66.3 Å². The molecule has 3 fully saturated rings. The molecule has 3 aliphatic rings. The van der Waals surface area contributed by atoms with Gasteiger partial charge in [0.15, 0.2) is 0 Å². The molecule has 7 nitrogen and oxygen atoms in total. The van der Waals surface area contributed by atoms with Crippen molar-refractivity contribution >= 4 is 44.7 Å². The van der Waals surface area contributed by atoms with Crippen molar-refractivity contribution in [2.24, 2.45) is 0 Å². The van der Waals surface area contributed by atoms with Crippen molar-refractivity contribution in [1.29, 1.82) is 0 Å². The molecule has 5 atom stereocenters. The Labute approximate surface area is 149 Å². The summed E-state index contributed by atoms with van der Waals surface area (Å²) in [5.74, 6) is 0.177. The number of thioether (sulfide) groups is 2. The molecular weight excluding hydrogens is 374 g/mol. The minimum atomic E-state index is -3.48. The Bertz CT molecular complexity index is 663. The van der Waals surface area contributed by atoms with Crippen LogP contribution in [0.4, 0.5) is 0 Å². The molecule has 0 saturated carbocycles. The minimum absolute atomic E-state index is 0.0684. The van der Waals surface area contributed by atoms with Gasteiger partial charge in [0.25, 0.3) is 10.1 Å². The molecule has 0 aromatic heterocycles. The molecule has 2 bridgehead atoms. The lowest BCUT2D eigenvalue weighted by Gasteiger charge is -2.23. The zero-order valence-electron chi connectivity index (χ0n) is 13.1. The van der Waals surface area contributed by atoms with Gasteiger partial charge in [-0.1, -0.05) is 18.3 Å². The van der Waals surface area contributed by atoms with Gasteiger partial charge in [0.1, 0.15) is 18.0 Å². The summed E-state index contributed by atoms with van der Waals surface area (Å²) in [4.78, 5) is 23.2. The smallest absolute Gasteiger partial charge is 0.271 e. The zero-order chi connectivity index (χ0) is 17.5. The lowest BCUT2D eigenvalue weighted by molar-refractivity contribution is -0.129. The summed E-state index contributed by atoms with van der Waals surface area (Å²) in [6.45, 7) is 5.41. The van der Waals surface area contributed by atoms with E-state index in [1.165, 1.54) is 0 Å². The second kappa shape index (κ2) is 6.99. The third-order valence-corrected chi connectivity index (χ3v) is 8.84. The van der Waals surface area contributed by atoms with Crippen molar-refractivity contribution in [2.75, 3.05) is 18.9 Å². The fraction of sp³-hybridized carbons (Fsp3) is 0.714. The maximum Gasteiger partial charge on any atom is 0.271 e. The molecule has 10 heteroatoms. The van der Waals surface area contributed by atoms with E-state index in [9.17, 15) is 18.0 Å². The van der Waals surface area contributed by atoms with Gasteiger partial charge in [0, 0.05) is 17.5 Å². The molecule has 0 radical (unpaired) electrons. The first-order valence-electron chi connectivity index (χ1n) is 7.58. The Morgan fingerprint density at radius 1 is 1.46 bits per heavy atom. The van der Waals surface area contributed by atoms with Crippen LogP contribution in [0, 0.1) is 0 Å². The SMILES string of the molecule is C=C(C)C(=O)SCCNC(=O)COC1C2CC3C(S2)C1OS3(=O)=O. The van der Waals surface area contributed by atoms with Crippen molar-refractivity contribution in [1.82, 2.24) is 5.32 Å². The summed E-state index contributed by atoms with van der Waals surface area (Å²) < 4.78 is 34.5. The van der Waals surface area contributed by atoms with Gasteiger partial charge in [-0.15, -0.1) is 11.8 Å². The molecule has 24 heavy (non-hydrogen) atoms. The standard InChI is InChI=1S/C14H19NO6S3/c1-7(2)14(17)22-4-3-15-10(16)6-20-11-8-5-9-13(23-8)12(11)21-24(9,18)19/h8-9,11-13H,1,3-6H2,2H3,(H,15,16). The summed E-state index contributed by atoms with van der Waals surface area (Å²) in [5.41, 5.74) is 0.480. The summed E-state index contributed by atoms with van der Waals surface area (Å²) >= 11 is 2.69. The van der Waals surface area contributed by atoms with Crippen LogP contribution in [0.1, 0.15) is 13.3 Å². The molecule has 1 N–H and O–H groups in total. The quantitative estimate of drug-likeness (QED) is 0.375. The van der Waals surface area contributed by atoms with E-state index < -0.39 is 21.5 Å². The van der Waals surface area contributed by atoms with E-state index in [2.05, 4.69) is 11.9 Å². The third kappa shape index (κ3) is 3.52. The fourth-order valence-electron chi connectivity index (χ4n) is 3.11. The first-order chi connectivity index (χ1) is 11.3. The molecule has 3 saturated heterocycles. The molecule has 3 rings (SSSR count). The van der Waals surface area contributed by atoms with Crippen molar-refractivity contribution in [3.05, 3.63) is 12.2 Å². The Morgan fingerprint density at radius 3 is 2.92 bits per heavy atom. The first-order valence-corrected chi connectivity index (χ1v) is 11.0. The lowest BCUT2D eigenvalue weighted by Crippen LogP contribution is -2.42. The van der Waals surface area contributed by atoms with Gasteiger partial charge in [-0.2, -0.15) is 8.42 Å². The molecular formula is C14H19NO6S3. The zero-order valence-corrected chi connectivity index (χ0v) is 15.5. The summed E-state index contributed by atoms with van der Waals surface area (Å²) in [6, 6.07) is 0. The van der Waals surface area contributed by atoms with Gasteiger partial charge in [-0.05, 0) is 18.9 Å². The second-order valence-electron chi connectivity index (χ2n) is 6.01. The Kier molecular flexibility index (Phi) is 5.31. The van der Waals surface area contributed by atoms with Crippen molar-refractivity contribution < 1.29 is 26.9 Å².